The minimum atomic E-state index is -0.444. The van der Waals surface area contributed by atoms with Crippen molar-refractivity contribution >= 4 is 5.97 Å². The Balaban J connectivity index is 1.99. The average Bonchev–Trinajstić information content (AvgIpc) is 2.43. The van der Waals surface area contributed by atoms with Crippen molar-refractivity contribution in [1.29, 1.82) is 0 Å². The van der Waals surface area contributed by atoms with Crippen molar-refractivity contribution in [3.8, 4) is 0 Å². The van der Waals surface area contributed by atoms with Crippen LogP contribution in [0.1, 0.15) is 25.3 Å². The topological polar surface area (TPSA) is 29.5 Å². The van der Waals surface area contributed by atoms with E-state index in [-0.39, 0.29) is 11.9 Å². The smallest absolute Gasteiger partial charge is 0.310 e. The van der Waals surface area contributed by atoms with E-state index in [4.69, 9.17) is 4.74 Å². The van der Waals surface area contributed by atoms with Gasteiger partial charge >= 0.3 is 5.97 Å². The van der Waals surface area contributed by atoms with Crippen LogP contribution in [0.2, 0.25) is 0 Å². The summed E-state index contributed by atoms with van der Waals surface area (Å²) in [5.74, 6) is -1.22. The zero-order valence-electron chi connectivity index (χ0n) is 11.6. The molecule has 1 fully saturated rings. The Morgan fingerprint density at radius 3 is 3.00 bits per heavy atom. The second kappa shape index (κ2) is 6.79. The van der Waals surface area contributed by atoms with E-state index in [0.717, 1.165) is 31.5 Å². The van der Waals surface area contributed by atoms with Crippen LogP contribution in [0.3, 0.4) is 0 Å². The lowest BCUT2D eigenvalue weighted by Gasteiger charge is -2.31. The van der Waals surface area contributed by atoms with Gasteiger partial charge in [0.05, 0.1) is 12.5 Å². The van der Waals surface area contributed by atoms with Gasteiger partial charge in [-0.25, -0.2) is 8.78 Å². The first-order chi connectivity index (χ1) is 9.60. The molecule has 0 N–H and O–H groups in total. The molecule has 3 nitrogen and oxygen atoms in total. The second-order valence-corrected chi connectivity index (χ2v) is 5.06. The largest absolute Gasteiger partial charge is 0.466 e. The summed E-state index contributed by atoms with van der Waals surface area (Å²) >= 11 is 0. The summed E-state index contributed by atoms with van der Waals surface area (Å²) in [5, 5.41) is 0. The fourth-order valence-electron chi connectivity index (χ4n) is 2.56. The highest BCUT2D eigenvalue weighted by Crippen LogP contribution is 2.21. The average molecular weight is 283 g/mol. The molecule has 1 aliphatic heterocycles. The summed E-state index contributed by atoms with van der Waals surface area (Å²) in [6.45, 7) is 3.79. The van der Waals surface area contributed by atoms with Crippen LogP contribution in [-0.4, -0.2) is 30.6 Å². The molecule has 2 rings (SSSR count). The molecule has 1 aliphatic rings. The number of likely N-dealkylation sites (tertiary alicyclic amines) is 1. The number of esters is 1. The summed E-state index contributed by atoms with van der Waals surface area (Å²) in [7, 11) is 0. The van der Waals surface area contributed by atoms with Gasteiger partial charge in [0.15, 0.2) is 0 Å². The third-order valence-corrected chi connectivity index (χ3v) is 3.53. The third kappa shape index (κ3) is 3.76. The quantitative estimate of drug-likeness (QED) is 0.796. The number of halogens is 2. The van der Waals surface area contributed by atoms with Gasteiger partial charge in [-0.1, -0.05) is 0 Å². The van der Waals surface area contributed by atoms with E-state index in [2.05, 4.69) is 0 Å². The molecule has 0 bridgehead atoms. The molecule has 1 aromatic rings. The minimum absolute atomic E-state index is 0.166. The van der Waals surface area contributed by atoms with Gasteiger partial charge in [0.1, 0.15) is 11.6 Å². The molecule has 0 spiro atoms. The number of hydrogen-bond donors (Lipinski definition) is 0. The maximum absolute atomic E-state index is 13.6. The molecule has 1 aromatic carbocycles. The van der Waals surface area contributed by atoms with Crippen LogP contribution in [0, 0.1) is 17.6 Å². The Morgan fingerprint density at radius 1 is 1.45 bits per heavy atom. The van der Waals surface area contributed by atoms with Crippen LogP contribution >= 0.6 is 0 Å². The monoisotopic (exact) mass is 283 g/mol. The van der Waals surface area contributed by atoms with Gasteiger partial charge in [0.2, 0.25) is 0 Å². The maximum atomic E-state index is 13.6. The van der Waals surface area contributed by atoms with Crippen molar-refractivity contribution < 1.29 is 18.3 Å². The molecule has 1 atom stereocenters. The van der Waals surface area contributed by atoms with Crippen molar-refractivity contribution in [2.45, 2.75) is 26.3 Å². The molecular formula is C15H19F2NO2. The molecule has 110 valence electrons. The van der Waals surface area contributed by atoms with E-state index in [1.807, 2.05) is 4.90 Å². The molecule has 0 saturated carbocycles. The lowest BCUT2D eigenvalue weighted by Crippen LogP contribution is -2.39. The lowest BCUT2D eigenvalue weighted by molar-refractivity contribution is -0.150. The van der Waals surface area contributed by atoms with Crippen LogP contribution in [0.5, 0.6) is 0 Å². The maximum Gasteiger partial charge on any atom is 0.310 e. The number of hydrogen-bond acceptors (Lipinski definition) is 3. The molecule has 5 heteroatoms. The number of piperidine rings is 1. The predicted octanol–water partition coefficient (Wildman–Crippen LogP) is 2.74. The van der Waals surface area contributed by atoms with E-state index in [9.17, 15) is 13.6 Å². The molecule has 0 aromatic heterocycles. The molecule has 0 aliphatic carbocycles. The summed E-state index contributed by atoms with van der Waals surface area (Å²) < 4.78 is 31.8. The standard InChI is InChI=1S/C15H19F2NO2/c1-2-20-15(19)11-4-3-7-18(9-11)10-12-8-13(16)5-6-14(12)17/h5-6,8,11H,2-4,7,9-10H2,1H3/t11-/m0/s1. The van der Waals surface area contributed by atoms with E-state index in [1.165, 1.54) is 6.07 Å². The van der Waals surface area contributed by atoms with Crippen molar-refractivity contribution in [3.05, 3.63) is 35.4 Å². The fraction of sp³-hybridized carbons (Fsp3) is 0.533. The van der Waals surface area contributed by atoms with Crippen molar-refractivity contribution in [1.82, 2.24) is 4.90 Å². The van der Waals surface area contributed by atoms with Gasteiger partial charge in [-0.05, 0) is 44.5 Å². The summed E-state index contributed by atoms with van der Waals surface area (Å²) in [6.07, 6.45) is 1.65. The number of ether oxygens (including phenoxy) is 1. The first-order valence-electron chi connectivity index (χ1n) is 6.93. The first kappa shape index (κ1) is 14.9. The number of carbonyl (C=O) groups excluding carboxylic acids is 1. The summed E-state index contributed by atoms with van der Waals surface area (Å²) in [4.78, 5) is 13.7. The Labute approximate surface area is 117 Å². The molecule has 0 unspecified atom stereocenters. The van der Waals surface area contributed by atoms with E-state index in [1.54, 1.807) is 6.92 Å². The van der Waals surface area contributed by atoms with Gasteiger partial charge in [0.25, 0.3) is 0 Å². The number of carbonyl (C=O) groups is 1. The van der Waals surface area contributed by atoms with Gasteiger partial charge in [0, 0.05) is 18.7 Å². The number of nitrogens with zero attached hydrogens (tertiary/aromatic N) is 1. The van der Waals surface area contributed by atoms with Gasteiger partial charge < -0.3 is 4.74 Å². The SMILES string of the molecule is CCOC(=O)[C@H]1CCCN(Cc2cc(F)ccc2F)C1. The zero-order valence-corrected chi connectivity index (χ0v) is 11.6. The third-order valence-electron chi connectivity index (χ3n) is 3.53. The zero-order chi connectivity index (χ0) is 14.5. The molecule has 0 radical (unpaired) electrons. The first-order valence-corrected chi connectivity index (χ1v) is 6.93. The van der Waals surface area contributed by atoms with E-state index < -0.39 is 11.6 Å². The van der Waals surface area contributed by atoms with Crippen molar-refractivity contribution in [3.63, 3.8) is 0 Å². The molecule has 1 saturated heterocycles. The van der Waals surface area contributed by atoms with E-state index in [0.29, 0.717) is 25.3 Å². The molecule has 0 amide bonds. The predicted molar refractivity (Wildman–Crippen MR) is 71.0 cm³/mol. The Bertz CT molecular complexity index is 479. The van der Waals surface area contributed by atoms with Crippen molar-refractivity contribution in [2.75, 3.05) is 19.7 Å². The van der Waals surface area contributed by atoms with Crippen LogP contribution in [0.4, 0.5) is 8.78 Å². The van der Waals surface area contributed by atoms with Crippen LogP contribution in [-0.2, 0) is 16.1 Å². The van der Waals surface area contributed by atoms with E-state index >= 15 is 0 Å². The highest BCUT2D eigenvalue weighted by Gasteiger charge is 2.27. The summed E-state index contributed by atoms with van der Waals surface area (Å²) in [5.41, 5.74) is 0.328. The Morgan fingerprint density at radius 2 is 2.25 bits per heavy atom. The van der Waals surface area contributed by atoms with Crippen molar-refractivity contribution in [2.24, 2.45) is 5.92 Å². The number of rotatable bonds is 4. The fourth-order valence-corrected chi connectivity index (χ4v) is 2.56. The number of benzene rings is 1. The van der Waals surface area contributed by atoms with Crippen LogP contribution in [0.25, 0.3) is 0 Å². The molecule has 1 heterocycles. The van der Waals surface area contributed by atoms with Crippen LogP contribution in [0.15, 0.2) is 18.2 Å². The Kier molecular flexibility index (Phi) is 5.06. The highest BCUT2D eigenvalue weighted by atomic mass is 19.1. The Hall–Kier alpha value is -1.49. The second-order valence-electron chi connectivity index (χ2n) is 5.06. The van der Waals surface area contributed by atoms with Gasteiger partial charge in [-0.15, -0.1) is 0 Å². The minimum Gasteiger partial charge on any atom is -0.466 e. The van der Waals surface area contributed by atoms with Gasteiger partial charge in [-0.3, -0.25) is 9.69 Å². The van der Waals surface area contributed by atoms with Crippen LogP contribution < -0.4 is 0 Å². The summed E-state index contributed by atoms with van der Waals surface area (Å²) in [6, 6.07) is 3.46. The normalized spacial score (nSPS) is 19.9. The van der Waals surface area contributed by atoms with Gasteiger partial charge in [-0.2, -0.15) is 0 Å². The molecular weight excluding hydrogens is 264 g/mol. The lowest BCUT2D eigenvalue weighted by atomic mass is 9.97. The molecule has 20 heavy (non-hydrogen) atoms. The highest BCUT2D eigenvalue weighted by molar-refractivity contribution is 5.72.